The van der Waals surface area contributed by atoms with Crippen molar-refractivity contribution in [2.45, 2.75) is 20.0 Å². The fourth-order valence-corrected chi connectivity index (χ4v) is 1.16. The van der Waals surface area contributed by atoms with E-state index in [2.05, 4.69) is 10.5 Å². The minimum absolute atomic E-state index is 0.0888. The zero-order chi connectivity index (χ0) is 13.8. The summed E-state index contributed by atoms with van der Waals surface area (Å²) in [5.41, 5.74) is 1.30. The van der Waals surface area contributed by atoms with Crippen molar-refractivity contribution in [3.63, 3.8) is 0 Å². The average molecular weight is 258 g/mol. The van der Waals surface area contributed by atoms with Gasteiger partial charge in [-0.25, -0.2) is 5.43 Å². The number of carbonyl (C=O) groups is 1. The van der Waals surface area contributed by atoms with Crippen LogP contribution in [0.1, 0.15) is 25.0 Å². The van der Waals surface area contributed by atoms with E-state index in [1.807, 2.05) is 0 Å². The fraction of sp³-hybridized carbons (Fsp3) is 0.333. The number of carbonyl (C=O) groups excluding carboxylic acids is 1. The third-order valence-electron chi connectivity index (χ3n) is 2.17. The third kappa shape index (κ3) is 3.87. The normalized spacial score (nSPS) is 12.1. The molecule has 0 bridgehead atoms. The van der Waals surface area contributed by atoms with Gasteiger partial charge in [0.15, 0.2) is 0 Å². The van der Waals surface area contributed by atoms with E-state index in [4.69, 9.17) is 0 Å². The monoisotopic (exact) mass is 258 g/mol. The van der Waals surface area contributed by atoms with Gasteiger partial charge < -0.3 is 0 Å². The molecular formula is C12H13F3N2O. The van der Waals surface area contributed by atoms with Gasteiger partial charge in [0.1, 0.15) is 0 Å². The summed E-state index contributed by atoms with van der Waals surface area (Å²) in [4.78, 5) is 11.2. The Morgan fingerprint density at radius 2 is 1.94 bits per heavy atom. The zero-order valence-electron chi connectivity index (χ0n) is 9.95. The standard InChI is InChI=1S/C12H13F3N2O/c1-8(2)11(18)17-16-7-9-5-3-4-6-10(9)12(13,14)15/h3-8H,1-2H3,(H,17,18)/b16-7+. The van der Waals surface area contributed by atoms with Crippen LogP contribution in [-0.4, -0.2) is 12.1 Å². The summed E-state index contributed by atoms with van der Waals surface area (Å²) >= 11 is 0. The molecule has 0 unspecified atom stereocenters. The highest BCUT2D eigenvalue weighted by atomic mass is 19.4. The third-order valence-corrected chi connectivity index (χ3v) is 2.17. The van der Waals surface area contributed by atoms with Crippen molar-refractivity contribution < 1.29 is 18.0 Å². The van der Waals surface area contributed by atoms with Crippen molar-refractivity contribution in [2.24, 2.45) is 11.0 Å². The number of halogens is 3. The van der Waals surface area contributed by atoms with Crippen molar-refractivity contribution >= 4 is 12.1 Å². The van der Waals surface area contributed by atoms with Gasteiger partial charge in [-0.1, -0.05) is 32.0 Å². The second kappa shape index (κ2) is 5.66. The second-order valence-corrected chi connectivity index (χ2v) is 3.97. The average Bonchev–Trinajstić information content (AvgIpc) is 2.28. The first-order valence-corrected chi connectivity index (χ1v) is 5.31. The molecule has 0 aliphatic carbocycles. The van der Waals surface area contributed by atoms with E-state index in [-0.39, 0.29) is 17.4 Å². The Bertz CT molecular complexity index is 453. The summed E-state index contributed by atoms with van der Waals surface area (Å²) in [5, 5.41) is 3.51. The lowest BCUT2D eigenvalue weighted by Crippen LogP contribution is -2.23. The van der Waals surface area contributed by atoms with Gasteiger partial charge in [-0.3, -0.25) is 4.79 Å². The first kappa shape index (κ1) is 14.2. The number of nitrogens with zero attached hydrogens (tertiary/aromatic N) is 1. The molecule has 0 saturated heterocycles. The molecule has 6 heteroatoms. The summed E-state index contributed by atoms with van der Waals surface area (Å²) < 4.78 is 37.8. The molecule has 0 heterocycles. The van der Waals surface area contributed by atoms with E-state index in [1.54, 1.807) is 13.8 Å². The van der Waals surface area contributed by atoms with Crippen LogP contribution in [0.5, 0.6) is 0 Å². The summed E-state index contributed by atoms with van der Waals surface area (Å²) in [5.74, 6) is -0.629. The van der Waals surface area contributed by atoms with Crippen LogP contribution in [0.3, 0.4) is 0 Å². The molecule has 1 rings (SSSR count). The van der Waals surface area contributed by atoms with Crippen molar-refractivity contribution in [1.82, 2.24) is 5.43 Å². The first-order valence-electron chi connectivity index (χ1n) is 5.31. The molecule has 0 aliphatic heterocycles. The number of hydrogen-bond acceptors (Lipinski definition) is 2. The Morgan fingerprint density at radius 3 is 2.50 bits per heavy atom. The van der Waals surface area contributed by atoms with E-state index >= 15 is 0 Å². The van der Waals surface area contributed by atoms with Crippen LogP contribution >= 0.6 is 0 Å². The summed E-state index contributed by atoms with van der Waals surface area (Å²) in [6.45, 7) is 3.32. The largest absolute Gasteiger partial charge is 0.417 e. The minimum Gasteiger partial charge on any atom is -0.273 e. The molecule has 1 aromatic rings. The molecule has 18 heavy (non-hydrogen) atoms. The maximum Gasteiger partial charge on any atom is 0.417 e. The molecule has 0 aromatic heterocycles. The van der Waals surface area contributed by atoms with Crippen LogP contribution in [0, 0.1) is 5.92 Å². The minimum atomic E-state index is -4.44. The van der Waals surface area contributed by atoms with E-state index in [0.717, 1.165) is 12.3 Å². The predicted molar refractivity (Wildman–Crippen MR) is 62.0 cm³/mol. The highest BCUT2D eigenvalue weighted by molar-refractivity contribution is 5.84. The number of rotatable bonds is 3. The van der Waals surface area contributed by atoms with E-state index in [1.165, 1.54) is 18.2 Å². The number of benzene rings is 1. The first-order chi connectivity index (χ1) is 8.32. The molecule has 98 valence electrons. The van der Waals surface area contributed by atoms with Gasteiger partial charge in [-0.2, -0.15) is 18.3 Å². The number of nitrogens with one attached hydrogen (secondary N) is 1. The number of alkyl halides is 3. The molecule has 0 radical (unpaired) electrons. The molecule has 3 nitrogen and oxygen atoms in total. The second-order valence-electron chi connectivity index (χ2n) is 3.97. The molecule has 0 aliphatic rings. The van der Waals surface area contributed by atoms with Crippen LogP contribution in [0.4, 0.5) is 13.2 Å². The van der Waals surface area contributed by atoms with Crippen LogP contribution < -0.4 is 5.43 Å². The Kier molecular flexibility index (Phi) is 4.47. The predicted octanol–water partition coefficient (Wildman–Crippen LogP) is 2.81. The Hall–Kier alpha value is -1.85. The van der Waals surface area contributed by atoms with Gasteiger partial charge in [0.25, 0.3) is 0 Å². The molecule has 1 amide bonds. The maximum atomic E-state index is 12.6. The molecule has 0 atom stereocenters. The topological polar surface area (TPSA) is 41.5 Å². The van der Waals surface area contributed by atoms with Gasteiger partial charge in [-0.15, -0.1) is 0 Å². The van der Waals surface area contributed by atoms with Gasteiger partial charge in [-0.05, 0) is 6.07 Å². The van der Waals surface area contributed by atoms with Gasteiger partial charge in [0, 0.05) is 11.5 Å². The molecule has 0 spiro atoms. The lowest BCUT2D eigenvalue weighted by Gasteiger charge is -2.09. The molecule has 1 N–H and O–H groups in total. The van der Waals surface area contributed by atoms with Crippen LogP contribution in [0.2, 0.25) is 0 Å². The van der Waals surface area contributed by atoms with Crippen molar-refractivity contribution in [2.75, 3.05) is 0 Å². The summed E-state index contributed by atoms with van der Waals surface area (Å²) in [6.07, 6.45) is -3.45. The zero-order valence-corrected chi connectivity index (χ0v) is 9.95. The molecule has 1 aromatic carbocycles. The lowest BCUT2D eigenvalue weighted by molar-refractivity contribution is -0.137. The molecular weight excluding hydrogens is 245 g/mol. The lowest BCUT2D eigenvalue weighted by atomic mass is 10.1. The number of amides is 1. The van der Waals surface area contributed by atoms with E-state index in [9.17, 15) is 18.0 Å². The van der Waals surface area contributed by atoms with E-state index < -0.39 is 11.7 Å². The Labute approximate surface area is 103 Å². The fourth-order valence-electron chi connectivity index (χ4n) is 1.16. The highest BCUT2D eigenvalue weighted by Crippen LogP contribution is 2.30. The molecule has 0 saturated carbocycles. The van der Waals surface area contributed by atoms with Gasteiger partial charge in [0.2, 0.25) is 5.91 Å². The highest BCUT2D eigenvalue weighted by Gasteiger charge is 2.32. The smallest absolute Gasteiger partial charge is 0.273 e. The van der Waals surface area contributed by atoms with E-state index in [0.29, 0.717) is 0 Å². The number of hydrazone groups is 1. The van der Waals surface area contributed by atoms with Crippen LogP contribution in [-0.2, 0) is 11.0 Å². The van der Waals surface area contributed by atoms with Crippen LogP contribution in [0.25, 0.3) is 0 Å². The SMILES string of the molecule is CC(C)C(=O)N/N=C/c1ccccc1C(F)(F)F. The Balaban J connectivity index is 2.85. The van der Waals surface area contributed by atoms with Crippen LogP contribution in [0.15, 0.2) is 29.4 Å². The maximum absolute atomic E-state index is 12.6. The Morgan fingerprint density at radius 1 is 1.33 bits per heavy atom. The molecule has 0 fully saturated rings. The van der Waals surface area contributed by atoms with Crippen molar-refractivity contribution in [3.8, 4) is 0 Å². The van der Waals surface area contributed by atoms with Gasteiger partial charge in [0.05, 0.1) is 11.8 Å². The van der Waals surface area contributed by atoms with Crippen molar-refractivity contribution in [1.29, 1.82) is 0 Å². The van der Waals surface area contributed by atoms with Crippen molar-refractivity contribution in [3.05, 3.63) is 35.4 Å². The summed E-state index contributed by atoms with van der Waals surface area (Å²) in [7, 11) is 0. The number of hydrogen-bond donors (Lipinski definition) is 1. The van der Waals surface area contributed by atoms with Gasteiger partial charge >= 0.3 is 6.18 Å². The quantitative estimate of drug-likeness (QED) is 0.657. The summed E-state index contributed by atoms with van der Waals surface area (Å²) in [6, 6.07) is 5.02.